The minimum Gasteiger partial charge on any atom is -0.463 e. The first-order valence-electron chi connectivity index (χ1n) is 11.8. The molecule has 3 aromatic rings. The standard InChI is InChI=1S/C26H26ClN3O4S/c1-3-33-25(32)22-16(2)28-26-30(23(22)17-7-9-18(27)10-8-17)24(31)20(35-26)15-19-11-12-21(34-19)29-13-5-4-6-14-29/h7-12,15,23H,3-6,13-14H2,1-2H3/t23-/m0/s1. The van der Waals surface area contributed by atoms with Crippen molar-refractivity contribution in [2.24, 2.45) is 4.99 Å². The Balaban J connectivity index is 1.60. The van der Waals surface area contributed by atoms with Crippen LogP contribution in [-0.4, -0.2) is 30.2 Å². The zero-order chi connectivity index (χ0) is 24.5. The number of thiazole rings is 1. The summed E-state index contributed by atoms with van der Waals surface area (Å²) in [5, 5.41) is 0.571. The number of fused-ring (bicyclic) bond motifs is 1. The van der Waals surface area contributed by atoms with Gasteiger partial charge >= 0.3 is 5.97 Å². The third-order valence-corrected chi connectivity index (χ3v) is 7.49. The lowest BCUT2D eigenvalue weighted by Crippen LogP contribution is -2.39. The maximum absolute atomic E-state index is 13.6. The molecule has 0 aliphatic carbocycles. The van der Waals surface area contributed by atoms with E-state index >= 15 is 0 Å². The second-order valence-corrected chi connectivity index (χ2v) is 10.0. The number of nitrogens with zero attached hydrogens (tertiary/aromatic N) is 3. The van der Waals surface area contributed by atoms with Crippen LogP contribution in [0.5, 0.6) is 0 Å². The van der Waals surface area contributed by atoms with Crippen LogP contribution in [0.4, 0.5) is 5.88 Å². The number of piperidine rings is 1. The molecular formula is C26H26ClN3O4S. The van der Waals surface area contributed by atoms with Crippen LogP contribution in [0.15, 0.2) is 61.9 Å². The summed E-state index contributed by atoms with van der Waals surface area (Å²) in [6.45, 7) is 5.70. The lowest BCUT2D eigenvalue weighted by Gasteiger charge is -2.25. The van der Waals surface area contributed by atoms with Crippen LogP contribution in [0, 0.1) is 0 Å². The van der Waals surface area contributed by atoms with Crippen molar-refractivity contribution in [2.45, 2.75) is 39.2 Å². The minimum absolute atomic E-state index is 0.227. The average Bonchev–Trinajstić information content (AvgIpc) is 3.44. The van der Waals surface area contributed by atoms with Crippen molar-refractivity contribution < 1.29 is 13.9 Å². The zero-order valence-corrected chi connectivity index (χ0v) is 21.2. The lowest BCUT2D eigenvalue weighted by atomic mass is 9.96. The van der Waals surface area contributed by atoms with Crippen LogP contribution in [0.25, 0.3) is 6.08 Å². The first kappa shape index (κ1) is 23.6. The predicted octanol–water partition coefficient (Wildman–Crippen LogP) is 4.04. The number of ether oxygens (including phenoxy) is 1. The molecule has 9 heteroatoms. The van der Waals surface area contributed by atoms with E-state index in [2.05, 4.69) is 9.89 Å². The summed E-state index contributed by atoms with van der Waals surface area (Å²) in [7, 11) is 0. The lowest BCUT2D eigenvalue weighted by molar-refractivity contribution is -0.139. The van der Waals surface area contributed by atoms with Crippen LogP contribution >= 0.6 is 22.9 Å². The van der Waals surface area contributed by atoms with E-state index in [0.29, 0.717) is 31.4 Å². The third-order valence-electron chi connectivity index (χ3n) is 6.26. The largest absolute Gasteiger partial charge is 0.463 e. The number of carbonyl (C=O) groups is 1. The van der Waals surface area contributed by atoms with Gasteiger partial charge < -0.3 is 14.1 Å². The van der Waals surface area contributed by atoms with Crippen molar-refractivity contribution in [3.05, 3.63) is 83.7 Å². The van der Waals surface area contributed by atoms with E-state index in [9.17, 15) is 9.59 Å². The number of halogens is 1. The van der Waals surface area contributed by atoms with E-state index in [-0.39, 0.29) is 12.2 Å². The fourth-order valence-corrected chi connectivity index (χ4v) is 5.74. The molecule has 1 aromatic carbocycles. The van der Waals surface area contributed by atoms with E-state index in [1.807, 2.05) is 24.3 Å². The second kappa shape index (κ2) is 9.87. The van der Waals surface area contributed by atoms with Gasteiger partial charge in [0, 0.05) is 30.3 Å². The van der Waals surface area contributed by atoms with Crippen molar-refractivity contribution >= 4 is 40.9 Å². The molecule has 0 bridgehead atoms. The predicted molar refractivity (Wildman–Crippen MR) is 137 cm³/mol. The molecular weight excluding hydrogens is 486 g/mol. The van der Waals surface area contributed by atoms with Gasteiger partial charge in [-0.2, -0.15) is 0 Å². The Kier molecular flexibility index (Phi) is 6.67. The van der Waals surface area contributed by atoms with Crippen LogP contribution in [0.1, 0.15) is 50.5 Å². The molecule has 1 saturated heterocycles. The Morgan fingerprint density at radius 1 is 1.20 bits per heavy atom. The van der Waals surface area contributed by atoms with Gasteiger partial charge in [0.15, 0.2) is 10.7 Å². The minimum atomic E-state index is -0.662. The molecule has 0 radical (unpaired) electrons. The van der Waals surface area contributed by atoms with E-state index in [1.54, 1.807) is 36.6 Å². The fraction of sp³-hybridized carbons (Fsp3) is 0.346. The fourth-order valence-electron chi connectivity index (χ4n) is 4.59. The van der Waals surface area contributed by atoms with Gasteiger partial charge in [-0.15, -0.1) is 0 Å². The van der Waals surface area contributed by atoms with Crippen molar-refractivity contribution in [3.63, 3.8) is 0 Å². The summed E-state index contributed by atoms with van der Waals surface area (Å²) in [6, 6.07) is 10.3. The van der Waals surface area contributed by atoms with Gasteiger partial charge in [0.2, 0.25) is 0 Å². The highest BCUT2D eigenvalue weighted by molar-refractivity contribution is 7.07. The number of rotatable bonds is 5. The molecule has 7 nitrogen and oxygen atoms in total. The molecule has 0 saturated carbocycles. The molecule has 2 aliphatic heterocycles. The van der Waals surface area contributed by atoms with E-state index in [1.165, 1.54) is 17.8 Å². The SMILES string of the molecule is CCOC(=O)C1=C(C)N=c2sc(=Cc3ccc(N4CCCCC4)o3)c(=O)n2[C@H]1c1ccc(Cl)cc1. The van der Waals surface area contributed by atoms with Gasteiger partial charge in [0.25, 0.3) is 5.56 Å². The van der Waals surface area contributed by atoms with E-state index in [4.69, 9.17) is 20.8 Å². The maximum atomic E-state index is 13.6. The second-order valence-electron chi connectivity index (χ2n) is 8.58. The summed E-state index contributed by atoms with van der Waals surface area (Å²) < 4.78 is 13.4. The molecule has 1 atom stereocenters. The van der Waals surface area contributed by atoms with Gasteiger partial charge in [-0.25, -0.2) is 9.79 Å². The van der Waals surface area contributed by atoms with Crippen molar-refractivity contribution in [1.29, 1.82) is 0 Å². The summed E-state index contributed by atoms with van der Waals surface area (Å²) in [5.41, 5.74) is 1.39. The summed E-state index contributed by atoms with van der Waals surface area (Å²) >= 11 is 7.38. The average molecular weight is 512 g/mol. The highest BCUT2D eigenvalue weighted by atomic mass is 35.5. The highest BCUT2D eigenvalue weighted by Gasteiger charge is 2.33. The number of esters is 1. The number of hydrogen-bond donors (Lipinski definition) is 0. The molecule has 1 fully saturated rings. The molecule has 4 heterocycles. The van der Waals surface area contributed by atoms with E-state index < -0.39 is 12.0 Å². The number of aromatic nitrogens is 1. The van der Waals surface area contributed by atoms with Gasteiger partial charge in [-0.3, -0.25) is 9.36 Å². The van der Waals surface area contributed by atoms with Crippen LogP contribution < -0.4 is 19.8 Å². The van der Waals surface area contributed by atoms with Crippen molar-refractivity contribution in [2.75, 3.05) is 24.6 Å². The number of anilines is 1. The Morgan fingerprint density at radius 2 is 1.94 bits per heavy atom. The first-order chi connectivity index (χ1) is 17.0. The number of hydrogen-bond acceptors (Lipinski definition) is 7. The zero-order valence-electron chi connectivity index (χ0n) is 19.6. The van der Waals surface area contributed by atoms with Crippen molar-refractivity contribution in [1.82, 2.24) is 4.57 Å². The van der Waals surface area contributed by atoms with Gasteiger partial charge in [0.05, 0.1) is 28.5 Å². The van der Waals surface area contributed by atoms with Gasteiger partial charge in [0.1, 0.15) is 5.76 Å². The number of benzene rings is 1. The highest BCUT2D eigenvalue weighted by Crippen LogP contribution is 2.31. The summed E-state index contributed by atoms with van der Waals surface area (Å²) in [6.07, 6.45) is 5.30. The maximum Gasteiger partial charge on any atom is 0.338 e. The molecule has 35 heavy (non-hydrogen) atoms. The quantitative estimate of drug-likeness (QED) is 0.483. The summed E-state index contributed by atoms with van der Waals surface area (Å²) in [4.78, 5) is 33.9. The Labute approximate surface area is 211 Å². The van der Waals surface area contributed by atoms with Crippen LogP contribution in [0.3, 0.4) is 0 Å². The van der Waals surface area contributed by atoms with Gasteiger partial charge in [-0.05, 0) is 56.9 Å². The smallest absolute Gasteiger partial charge is 0.338 e. The number of furan rings is 1. The molecule has 2 aliphatic rings. The molecule has 0 spiro atoms. The topological polar surface area (TPSA) is 77.0 Å². The number of allylic oxidation sites excluding steroid dienone is 1. The molecule has 0 N–H and O–H groups in total. The molecule has 0 amide bonds. The van der Waals surface area contributed by atoms with Crippen LogP contribution in [0.2, 0.25) is 5.02 Å². The molecule has 2 aromatic heterocycles. The molecule has 182 valence electrons. The molecule has 0 unspecified atom stereocenters. The third kappa shape index (κ3) is 4.60. The first-order valence-corrected chi connectivity index (χ1v) is 13.0. The van der Waals surface area contributed by atoms with Crippen molar-refractivity contribution in [3.8, 4) is 0 Å². The van der Waals surface area contributed by atoms with Crippen LogP contribution in [-0.2, 0) is 9.53 Å². The van der Waals surface area contributed by atoms with E-state index in [0.717, 1.165) is 37.4 Å². The number of carbonyl (C=O) groups excluding carboxylic acids is 1. The Hall–Kier alpha value is -3.10. The monoisotopic (exact) mass is 511 g/mol. The molecule has 5 rings (SSSR count). The summed E-state index contributed by atoms with van der Waals surface area (Å²) in [5.74, 6) is 0.948. The van der Waals surface area contributed by atoms with Gasteiger partial charge in [-0.1, -0.05) is 35.1 Å². The normalized spacial score (nSPS) is 18.4. The Bertz CT molecular complexity index is 1460. The Morgan fingerprint density at radius 3 is 2.66 bits per heavy atom.